The van der Waals surface area contributed by atoms with E-state index in [2.05, 4.69) is 37.9 Å². The van der Waals surface area contributed by atoms with E-state index in [4.69, 9.17) is 14.2 Å². The summed E-state index contributed by atoms with van der Waals surface area (Å²) in [5.41, 5.74) is 3.73. The number of carbonyl (C=O) groups excluding carboxylic acids is 1. The lowest BCUT2D eigenvalue weighted by atomic mass is 9.44. The number of aliphatic hydroxyl groups excluding tert-OH is 1. The van der Waals surface area contributed by atoms with E-state index in [1.807, 2.05) is 0 Å². The number of methoxy groups -OCH3 is 1. The summed E-state index contributed by atoms with van der Waals surface area (Å²) in [6.45, 7) is 6.06. The number of likely N-dealkylation sites (N-methyl/N-ethyl adjacent to an activating group) is 1. The highest BCUT2D eigenvalue weighted by Gasteiger charge is 2.59. The molecule has 0 aromatic heterocycles. The summed E-state index contributed by atoms with van der Waals surface area (Å²) in [4.78, 5) is 16.5. The summed E-state index contributed by atoms with van der Waals surface area (Å²) in [6, 6.07) is 2.06. The summed E-state index contributed by atoms with van der Waals surface area (Å²) in [5.74, 6) is 5.12. The number of fused-ring (bicyclic) bond motifs is 7. The third-order valence-electron chi connectivity index (χ3n) is 12.4. The lowest BCUT2D eigenvalue weighted by molar-refractivity contribution is -0.126. The number of allylic oxidation sites excluding steroid dienone is 2. The van der Waals surface area contributed by atoms with Gasteiger partial charge in [-0.1, -0.05) is 19.9 Å². The Labute approximate surface area is 233 Å². The van der Waals surface area contributed by atoms with Gasteiger partial charge in [-0.3, -0.25) is 9.69 Å². The average molecular weight is 536 g/mol. The fourth-order valence-electron chi connectivity index (χ4n) is 10.3. The molecule has 2 heterocycles. The van der Waals surface area contributed by atoms with Gasteiger partial charge in [0.2, 0.25) is 12.5 Å². The highest BCUT2D eigenvalue weighted by Crippen LogP contribution is 2.66. The van der Waals surface area contributed by atoms with Crippen molar-refractivity contribution in [2.75, 3.05) is 27.5 Å². The number of rotatable bonds is 4. The number of carbonyl (C=O) groups is 1. The Morgan fingerprint density at radius 1 is 1.15 bits per heavy atom. The summed E-state index contributed by atoms with van der Waals surface area (Å²) in [6.07, 6.45) is 12.6. The molecule has 1 N–H and O–H groups in total. The second kappa shape index (κ2) is 9.24. The van der Waals surface area contributed by atoms with Crippen LogP contribution in [0, 0.1) is 34.5 Å². The molecule has 0 radical (unpaired) electrons. The maximum atomic E-state index is 14.2. The van der Waals surface area contributed by atoms with Gasteiger partial charge in [0.05, 0.1) is 13.2 Å². The lowest BCUT2D eigenvalue weighted by Crippen LogP contribution is -2.53. The second-order valence-corrected chi connectivity index (χ2v) is 14.0. The number of Topliss-reactive ketones (excluding diaryl/α,β-unsaturated/α-hetero) is 1. The van der Waals surface area contributed by atoms with Crippen LogP contribution in [0.25, 0.3) is 0 Å². The van der Waals surface area contributed by atoms with Gasteiger partial charge in [0.15, 0.2) is 17.3 Å². The van der Waals surface area contributed by atoms with Crippen LogP contribution in [0.2, 0.25) is 0 Å². The predicted octanol–water partition coefficient (Wildman–Crippen LogP) is 5.85. The fraction of sp³-hybridized carbons (Fsp3) is 0.727. The van der Waals surface area contributed by atoms with Crippen molar-refractivity contribution in [3.8, 4) is 17.2 Å². The molecule has 3 saturated carbocycles. The zero-order chi connectivity index (χ0) is 27.1. The van der Waals surface area contributed by atoms with E-state index < -0.39 is 0 Å². The molecule has 3 fully saturated rings. The molecular formula is C33H45NO5. The van der Waals surface area contributed by atoms with E-state index in [9.17, 15) is 9.90 Å². The zero-order valence-electron chi connectivity index (χ0n) is 24.1. The van der Waals surface area contributed by atoms with Crippen LogP contribution in [0.3, 0.4) is 0 Å². The van der Waals surface area contributed by atoms with E-state index in [0.29, 0.717) is 41.1 Å². The number of hydrogen-bond acceptors (Lipinski definition) is 6. The maximum Gasteiger partial charge on any atom is 0.231 e. The summed E-state index contributed by atoms with van der Waals surface area (Å²) in [7, 11) is 3.82. The molecule has 6 aliphatic rings. The van der Waals surface area contributed by atoms with Crippen molar-refractivity contribution in [1.82, 2.24) is 4.90 Å². The quantitative estimate of drug-likeness (QED) is 0.522. The van der Waals surface area contributed by atoms with Crippen molar-refractivity contribution in [3.63, 3.8) is 0 Å². The zero-order valence-corrected chi connectivity index (χ0v) is 24.1. The summed E-state index contributed by atoms with van der Waals surface area (Å²) in [5, 5.41) is 10.4. The summed E-state index contributed by atoms with van der Waals surface area (Å²) >= 11 is 0. The minimum absolute atomic E-state index is 0.0231. The molecule has 1 aromatic rings. The Morgan fingerprint density at radius 3 is 2.82 bits per heavy atom. The van der Waals surface area contributed by atoms with Crippen molar-refractivity contribution in [3.05, 3.63) is 28.8 Å². The first kappa shape index (κ1) is 25.9. The minimum Gasteiger partial charge on any atom is -0.492 e. The molecule has 0 amide bonds. The third kappa shape index (κ3) is 3.76. The van der Waals surface area contributed by atoms with Crippen LogP contribution < -0.4 is 14.2 Å². The van der Waals surface area contributed by atoms with Gasteiger partial charge in [0.25, 0.3) is 0 Å². The second-order valence-electron chi connectivity index (χ2n) is 14.0. The Hall–Kier alpha value is -2.05. The molecule has 8 unspecified atom stereocenters. The monoisotopic (exact) mass is 535 g/mol. The molecule has 212 valence electrons. The van der Waals surface area contributed by atoms with Crippen LogP contribution in [-0.2, 0) is 11.2 Å². The molecule has 6 nitrogen and oxygen atoms in total. The van der Waals surface area contributed by atoms with Gasteiger partial charge in [-0.05, 0) is 117 Å². The van der Waals surface area contributed by atoms with E-state index >= 15 is 0 Å². The molecule has 1 aromatic carbocycles. The van der Waals surface area contributed by atoms with Gasteiger partial charge < -0.3 is 19.3 Å². The Morgan fingerprint density at radius 2 is 2.00 bits per heavy atom. The molecule has 4 aliphatic carbocycles. The van der Waals surface area contributed by atoms with Crippen molar-refractivity contribution >= 4 is 5.78 Å². The number of hydrogen-bond donors (Lipinski definition) is 1. The largest absolute Gasteiger partial charge is 0.492 e. The van der Waals surface area contributed by atoms with Gasteiger partial charge in [-0.25, -0.2) is 0 Å². The molecule has 0 saturated heterocycles. The van der Waals surface area contributed by atoms with Crippen LogP contribution in [0.5, 0.6) is 17.2 Å². The number of aliphatic hydroxyl groups is 1. The van der Waals surface area contributed by atoms with Crippen molar-refractivity contribution < 1.29 is 24.1 Å². The molecule has 0 bridgehead atoms. The molecule has 39 heavy (non-hydrogen) atoms. The SMILES string of the molecule is COc1c2c(cc3c1C(CC(=O)C1=CCC4C5CCC6CC(O)CCC6(C)C5CCC14C)N(C)CC3)OCO2. The van der Waals surface area contributed by atoms with E-state index in [1.165, 1.54) is 24.8 Å². The number of ketones is 1. The maximum absolute atomic E-state index is 14.2. The summed E-state index contributed by atoms with van der Waals surface area (Å²) < 4.78 is 17.4. The molecular weight excluding hydrogens is 490 g/mol. The Bertz CT molecular complexity index is 1210. The van der Waals surface area contributed by atoms with Crippen LogP contribution in [0.4, 0.5) is 0 Å². The molecule has 8 atom stereocenters. The first-order valence-corrected chi connectivity index (χ1v) is 15.4. The minimum atomic E-state index is -0.104. The Balaban J connectivity index is 1.14. The number of benzene rings is 1. The van der Waals surface area contributed by atoms with Crippen LogP contribution in [0.1, 0.15) is 88.8 Å². The van der Waals surface area contributed by atoms with Gasteiger partial charge in [0.1, 0.15) is 0 Å². The fourth-order valence-corrected chi connectivity index (χ4v) is 10.3. The third-order valence-corrected chi connectivity index (χ3v) is 12.4. The number of nitrogens with zero attached hydrogens (tertiary/aromatic N) is 1. The van der Waals surface area contributed by atoms with Crippen molar-refractivity contribution in [2.24, 2.45) is 34.5 Å². The van der Waals surface area contributed by atoms with E-state index in [-0.39, 0.29) is 24.4 Å². The molecule has 2 aliphatic heterocycles. The van der Waals surface area contributed by atoms with E-state index in [0.717, 1.165) is 73.6 Å². The normalized spacial score (nSPS) is 40.7. The first-order chi connectivity index (χ1) is 18.7. The number of ether oxygens (including phenoxy) is 3. The van der Waals surface area contributed by atoms with Gasteiger partial charge in [0, 0.05) is 24.6 Å². The van der Waals surface area contributed by atoms with E-state index in [1.54, 1.807) is 7.11 Å². The highest BCUT2D eigenvalue weighted by atomic mass is 16.7. The van der Waals surface area contributed by atoms with Crippen LogP contribution in [-0.4, -0.2) is 49.4 Å². The van der Waals surface area contributed by atoms with Crippen LogP contribution >= 0.6 is 0 Å². The van der Waals surface area contributed by atoms with Crippen molar-refractivity contribution in [2.45, 2.75) is 90.2 Å². The molecule has 7 rings (SSSR count). The molecule has 6 heteroatoms. The Kier molecular flexibility index (Phi) is 6.13. The van der Waals surface area contributed by atoms with Crippen molar-refractivity contribution in [1.29, 1.82) is 0 Å². The van der Waals surface area contributed by atoms with Crippen LogP contribution in [0.15, 0.2) is 17.7 Å². The highest BCUT2D eigenvalue weighted by molar-refractivity contribution is 5.97. The lowest BCUT2D eigenvalue weighted by Gasteiger charge is -2.60. The van der Waals surface area contributed by atoms with Gasteiger partial charge in [-0.2, -0.15) is 0 Å². The topological polar surface area (TPSA) is 68.2 Å². The predicted molar refractivity (Wildman–Crippen MR) is 149 cm³/mol. The average Bonchev–Trinajstić information content (AvgIpc) is 3.53. The van der Waals surface area contributed by atoms with Gasteiger partial charge in [-0.15, -0.1) is 0 Å². The van der Waals surface area contributed by atoms with Gasteiger partial charge >= 0.3 is 0 Å². The molecule has 0 spiro atoms. The smallest absolute Gasteiger partial charge is 0.231 e. The first-order valence-electron chi connectivity index (χ1n) is 15.4. The standard InChI is InChI=1S/C33H45NO5/c1-32-12-9-21(35)16-20(32)5-6-22-23-7-8-25(33(23,2)13-10-24(22)32)27(36)17-26-29-19(11-14-34(26)3)15-28-30(31(29)37-4)39-18-38-28/h8,15,20-24,26,35H,5-7,9-14,16-18H2,1-4H3.